The summed E-state index contributed by atoms with van der Waals surface area (Å²) in [6, 6.07) is 6.25. The van der Waals surface area contributed by atoms with Crippen LogP contribution in [0, 0.1) is 0 Å². The SMILES string of the molecule is CC(=O)c1cc(C(C=C(C)C)=C(C)C)cc(C(C)(C)C)c1. The highest BCUT2D eigenvalue weighted by molar-refractivity contribution is 5.95. The lowest BCUT2D eigenvalue weighted by Gasteiger charge is -2.21. The molecule has 0 aliphatic rings. The first-order chi connectivity index (χ1) is 9.52. The zero-order valence-corrected chi connectivity index (χ0v) is 14.7. The largest absolute Gasteiger partial charge is 0.295 e. The van der Waals surface area contributed by atoms with Crippen LogP contribution in [0.15, 0.2) is 35.4 Å². The van der Waals surface area contributed by atoms with Crippen LogP contribution in [-0.2, 0) is 5.41 Å². The lowest BCUT2D eigenvalue weighted by molar-refractivity contribution is 0.101. The van der Waals surface area contributed by atoms with Gasteiger partial charge in [-0.05, 0) is 68.9 Å². The van der Waals surface area contributed by atoms with E-state index in [2.05, 4.69) is 60.6 Å². The smallest absolute Gasteiger partial charge is 0.159 e. The fourth-order valence-corrected chi connectivity index (χ4v) is 2.22. The first-order valence-corrected chi connectivity index (χ1v) is 7.51. The van der Waals surface area contributed by atoms with E-state index in [1.165, 1.54) is 22.3 Å². The van der Waals surface area contributed by atoms with E-state index in [9.17, 15) is 4.79 Å². The number of carbonyl (C=O) groups is 1. The van der Waals surface area contributed by atoms with Crippen LogP contribution in [-0.4, -0.2) is 5.78 Å². The molecule has 0 amide bonds. The van der Waals surface area contributed by atoms with Gasteiger partial charge in [-0.2, -0.15) is 0 Å². The molecule has 0 aliphatic carbocycles. The highest BCUT2D eigenvalue weighted by Gasteiger charge is 2.17. The maximum atomic E-state index is 11.9. The number of rotatable bonds is 3. The Morgan fingerprint density at radius 3 is 1.81 bits per heavy atom. The van der Waals surface area contributed by atoms with Gasteiger partial charge in [-0.1, -0.05) is 44.1 Å². The molecule has 1 rings (SSSR count). The number of allylic oxidation sites excluding steroid dienone is 4. The van der Waals surface area contributed by atoms with E-state index in [1.807, 2.05) is 12.1 Å². The third kappa shape index (κ3) is 4.70. The Balaban J connectivity index is 3.63. The standard InChI is InChI=1S/C20H28O/c1-13(2)9-19(14(3)4)17-10-16(15(5)21)11-18(12-17)20(6,7)8/h9-12H,1-8H3. The molecule has 0 aliphatic heterocycles. The van der Waals surface area contributed by atoms with E-state index in [0.717, 1.165) is 11.1 Å². The Morgan fingerprint density at radius 1 is 0.905 bits per heavy atom. The van der Waals surface area contributed by atoms with Crippen molar-refractivity contribution in [3.05, 3.63) is 52.1 Å². The minimum absolute atomic E-state index is 0.0257. The predicted molar refractivity (Wildman–Crippen MR) is 92.8 cm³/mol. The van der Waals surface area contributed by atoms with Crippen LogP contribution >= 0.6 is 0 Å². The second-order valence-electron chi connectivity index (χ2n) is 7.24. The van der Waals surface area contributed by atoms with Crippen LogP contribution in [0.1, 0.15) is 76.9 Å². The maximum absolute atomic E-state index is 11.9. The summed E-state index contributed by atoms with van der Waals surface area (Å²) in [5.74, 6) is 0.118. The molecule has 0 aromatic heterocycles. The topological polar surface area (TPSA) is 17.1 Å². The lowest BCUT2D eigenvalue weighted by atomic mass is 9.83. The third-order valence-electron chi connectivity index (χ3n) is 3.49. The minimum Gasteiger partial charge on any atom is -0.295 e. The van der Waals surface area contributed by atoms with Gasteiger partial charge in [0.15, 0.2) is 5.78 Å². The second-order valence-corrected chi connectivity index (χ2v) is 7.24. The number of hydrogen-bond donors (Lipinski definition) is 0. The Kier molecular flexibility index (Phi) is 5.33. The summed E-state index contributed by atoms with van der Waals surface area (Å²) in [6.07, 6.45) is 2.20. The average Bonchev–Trinajstić information content (AvgIpc) is 2.33. The fraction of sp³-hybridized carbons (Fsp3) is 0.450. The van der Waals surface area contributed by atoms with E-state index in [4.69, 9.17) is 0 Å². The van der Waals surface area contributed by atoms with Crippen molar-refractivity contribution in [3.8, 4) is 0 Å². The van der Waals surface area contributed by atoms with Gasteiger partial charge in [-0.25, -0.2) is 0 Å². The van der Waals surface area contributed by atoms with Gasteiger partial charge >= 0.3 is 0 Å². The summed E-state index contributed by atoms with van der Waals surface area (Å²) in [5, 5.41) is 0. The maximum Gasteiger partial charge on any atom is 0.159 e. The Labute approximate surface area is 129 Å². The van der Waals surface area contributed by atoms with Crippen LogP contribution in [0.5, 0.6) is 0 Å². The molecule has 0 unspecified atom stereocenters. The summed E-state index contributed by atoms with van der Waals surface area (Å²) in [4.78, 5) is 11.9. The van der Waals surface area contributed by atoms with E-state index in [1.54, 1.807) is 6.92 Å². The molecule has 114 valence electrons. The molecule has 0 fully saturated rings. The van der Waals surface area contributed by atoms with Crippen LogP contribution in [0.25, 0.3) is 5.57 Å². The molecule has 21 heavy (non-hydrogen) atoms. The van der Waals surface area contributed by atoms with Crippen molar-refractivity contribution in [1.29, 1.82) is 0 Å². The summed E-state index contributed by atoms with van der Waals surface area (Å²) < 4.78 is 0. The molecule has 1 heteroatoms. The van der Waals surface area contributed by atoms with Crippen molar-refractivity contribution in [2.75, 3.05) is 0 Å². The van der Waals surface area contributed by atoms with Gasteiger partial charge in [0.25, 0.3) is 0 Å². The third-order valence-corrected chi connectivity index (χ3v) is 3.49. The summed E-state index contributed by atoms with van der Waals surface area (Å²) in [6.45, 7) is 16.6. The monoisotopic (exact) mass is 284 g/mol. The van der Waals surface area contributed by atoms with Crippen molar-refractivity contribution in [1.82, 2.24) is 0 Å². The lowest BCUT2D eigenvalue weighted by Crippen LogP contribution is -2.13. The molecule has 0 spiro atoms. The second kappa shape index (κ2) is 6.43. The van der Waals surface area contributed by atoms with E-state index >= 15 is 0 Å². The summed E-state index contributed by atoms with van der Waals surface area (Å²) in [7, 11) is 0. The molecular formula is C20H28O. The molecule has 0 atom stereocenters. The zero-order valence-electron chi connectivity index (χ0n) is 14.7. The van der Waals surface area contributed by atoms with Gasteiger partial charge in [0.2, 0.25) is 0 Å². The number of Topliss-reactive ketones (excluding diaryl/α,β-unsaturated/α-hetero) is 1. The van der Waals surface area contributed by atoms with Gasteiger partial charge in [0.1, 0.15) is 0 Å². The molecule has 0 saturated heterocycles. The zero-order chi connectivity index (χ0) is 16.4. The van der Waals surface area contributed by atoms with Gasteiger partial charge in [-0.15, -0.1) is 0 Å². The number of hydrogen-bond acceptors (Lipinski definition) is 1. The fourth-order valence-electron chi connectivity index (χ4n) is 2.22. The molecule has 1 aromatic carbocycles. The Morgan fingerprint density at radius 2 is 1.43 bits per heavy atom. The van der Waals surface area contributed by atoms with Gasteiger partial charge < -0.3 is 0 Å². The van der Waals surface area contributed by atoms with Crippen molar-refractivity contribution in [3.63, 3.8) is 0 Å². The van der Waals surface area contributed by atoms with Gasteiger partial charge in [-0.3, -0.25) is 4.79 Å². The number of ketones is 1. The van der Waals surface area contributed by atoms with E-state index < -0.39 is 0 Å². The van der Waals surface area contributed by atoms with E-state index in [-0.39, 0.29) is 11.2 Å². The molecule has 0 radical (unpaired) electrons. The molecule has 1 nitrogen and oxygen atoms in total. The number of carbonyl (C=O) groups excluding carboxylic acids is 1. The minimum atomic E-state index is 0.0257. The average molecular weight is 284 g/mol. The van der Waals surface area contributed by atoms with Crippen LogP contribution in [0.2, 0.25) is 0 Å². The molecule has 1 aromatic rings. The Hall–Kier alpha value is -1.63. The first-order valence-electron chi connectivity index (χ1n) is 7.51. The highest BCUT2D eigenvalue weighted by atomic mass is 16.1. The Bertz CT molecular complexity index is 599. The highest BCUT2D eigenvalue weighted by Crippen LogP contribution is 2.30. The van der Waals surface area contributed by atoms with Gasteiger partial charge in [0.05, 0.1) is 0 Å². The quantitative estimate of drug-likeness (QED) is 0.495. The predicted octanol–water partition coefficient (Wildman–Crippen LogP) is 5.95. The van der Waals surface area contributed by atoms with Crippen LogP contribution < -0.4 is 0 Å². The number of benzene rings is 1. The molecule has 0 bridgehead atoms. The van der Waals surface area contributed by atoms with Gasteiger partial charge in [0, 0.05) is 5.56 Å². The van der Waals surface area contributed by atoms with Crippen molar-refractivity contribution in [2.45, 2.75) is 60.8 Å². The first kappa shape index (κ1) is 17.4. The molecule has 0 saturated carbocycles. The van der Waals surface area contributed by atoms with Crippen LogP contribution in [0.3, 0.4) is 0 Å². The van der Waals surface area contributed by atoms with Crippen molar-refractivity contribution in [2.24, 2.45) is 0 Å². The van der Waals surface area contributed by atoms with Crippen molar-refractivity contribution >= 4 is 11.4 Å². The summed E-state index contributed by atoms with van der Waals surface area (Å²) >= 11 is 0. The molecule has 0 heterocycles. The molecular weight excluding hydrogens is 256 g/mol. The summed E-state index contributed by atoms with van der Waals surface area (Å²) in [5.41, 5.74) is 6.88. The normalized spacial score (nSPS) is 11.0. The van der Waals surface area contributed by atoms with Crippen molar-refractivity contribution < 1.29 is 4.79 Å². The van der Waals surface area contributed by atoms with E-state index in [0.29, 0.717) is 0 Å². The van der Waals surface area contributed by atoms with Crippen LogP contribution in [0.4, 0.5) is 0 Å². The molecule has 0 N–H and O–H groups in total.